The van der Waals surface area contributed by atoms with Crippen LogP contribution in [-0.2, 0) is 21.2 Å². The van der Waals surface area contributed by atoms with Crippen molar-refractivity contribution in [2.75, 3.05) is 6.54 Å². The Balaban J connectivity index is 1.87. The third-order valence-corrected chi connectivity index (χ3v) is 5.19. The standard InChI is InChI=1S/C19H22N2O4S/c22-19(21-23)13-12-17-10-6-11-18(15-17)26(24,25)20-14-5-4-9-16-7-2-1-3-8-16/h1-3,6-8,10-13,15,20,23H,4-5,9,14H2,(H,21,22)/b13-12+. The van der Waals surface area contributed by atoms with Crippen LogP contribution in [0.25, 0.3) is 6.08 Å². The summed E-state index contributed by atoms with van der Waals surface area (Å²) in [6, 6.07) is 16.3. The molecule has 0 saturated carbocycles. The molecule has 0 spiro atoms. The molecule has 0 saturated heterocycles. The van der Waals surface area contributed by atoms with Crippen LogP contribution in [0.3, 0.4) is 0 Å². The van der Waals surface area contributed by atoms with Gasteiger partial charge in [0.25, 0.3) is 5.91 Å². The van der Waals surface area contributed by atoms with E-state index in [-0.39, 0.29) is 4.90 Å². The van der Waals surface area contributed by atoms with Crippen molar-refractivity contribution in [1.29, 1.82) is 0 Å². The van der Waals surface area contributed by atoms with E-state index in [2.05, 4.69) is 16.9 Å². The van der Waals surface area contributed by atoms with E-state index in [1.807, 2.05) is 18.2 Å². The van der Waals surface area contributed by atoms with E-state index in [0.29, 0.717) is 12.1 Å². The first-order chi connectivity index (χ1) is 12.5. The van der Waals surface area contributed by atoms with E-state index < -0.39 is 15.9 Å². The molecule has 1 amide bonds. The molecule has 7 heteroatoms. The monoisotopic (exact) mass is 374 g/mol. The van der Waals surface area contributed by atoms with E-state index in [4.69, 9.17) is 5.21 Å². The van der Waals surface area contributed by atoms with Gasteiger partial charge < -0.3 is 0 Å². The highest BCUT2D eigenvalue weighted by Crippen LogP contribution is 2.13. The average Bonchev–Trinajstić information content (AvgIpc) is 2.67. The predicted molar refractivity (Wildman–Crippen MR) is 100.0 cm³/mol. The number of carbonyl (C=O) groups is 1. The van der Waals surface area contributed by atoms with Crippen molar-refractivity contribution in [3.8, 4) is 0 Å². The molecule has 0 fully saturated rings. The number of aryl methyl sites for hydroxylation is 1. The third-order valence-electron chi connectivity index (χ3n) is 3.73. The largest absolute Gasteiger partial charge is 0.288 e. The molecule has 6 nitrogen and oxygen atoms in total. The van der Waals surface area contributed by atoms with Crippen LogP contribution in [0, 0.1) is 0 Å². The number of hydroxylamine groups is 1. The molecule has 0 bridgehead atoms. The quantitative estimate of drug-likeness (QED) is 0.272. The first kappa shape index (κ1) is 19.8. The molecule has 0 unspecified atom stereocenters. The second-order valence-corrected chi connectivity index (χ2v) is 7.49. The Hall–Kier alpha value is -2.48. The van der Waals surface area contributed by atoms with Gasteiger partial charge in [0.05, 0.1) is 4.90 Å². The molecule has 26 heavy (non-hydrogen) atoms. The summed E-state index contributed by atoms with van der Waals surface area (Å²) in [6.07, 6.45) is 5.08. The molecule has 3 N–H and O–H groups in total. The molecule has 0 heterocycles. The fraction of sp³-hybridized carbons (Fsp3) is 0.211. The number of rotatable bonds is 9. The number of benzene rings is 2. The van der Waals surface area contributed by atoms with Crippen molar-refractivity contribution in [3.63, 3.8) is 0 Å². The molecule has 0 aliphatic heterocycles. The number of carbonyl (C=O) groups excluding carboxylic acids is 1. The Bertz CT molecular complexity index is 849. The highest BCUT2D eigenvalue weighted by molar-refractivity contribution is 7.89. The fourth-order valence-electron chi connectivity index (χ4n) is 2.38. The maximum Gasteiger partial charge on any atom is 0.267 e. The molecular weight excluding hydrogens is 352 g/mol. The van der Waals surface area contributed by atoms with Gasteiger partial charge in [-0.3, -0.25) is 10.0 Å². The van der Waals surface area contributed by atoms with Gasteiger partial charge in [0, 0.05) is 12.6 Å². The normalized spacial score (nSPS) is 11.6. The van der Waals surface area contributed by atoms with Crippen LogP contribution in [0.2, 0.25) is 0 Å². The van der Waals surface area contributed by atoms with Crippen LogP contribution in [0.15, 0.2) is 65.6 Å². The molecule has 2 rings (SSSR count). The van der Waals surface area contributed by atoms with Crippen molar-refractivity contribution >= 4 is 22.0 Å². The van der Waals surface area contributed by atoms with Crippen LogP contribution in [-0.4, -0.2) is 26.1 Å². The van der Waals surface area contributed by atoms with Crippen LogP contribution in [0.5, 0.6) is 0 Å². The van der Waals surface area contributed by atoms with Gasteiger partial charge in [-0.25, -0.2) is 18.6 Å². The van der Waals surface area contributed by atoms with Gasteiger partial charge >= 0.3 is 0 Å². The van der Waals surface area contributed by atoms with Gasteiger partial charge in [0.1, 0.15) is 0 Å². The molecule has 0 aliphatic carbocycles. The lowest BCUT2D eigenvalue weighted by molar-refractivity contribution is -0.124. The zero-order chi connectivity index (χ0) is 18.8. The summed E-state index contributed by atoms with van der Waals surface area (Å²) in [4.78, 5) is 11.1. The lowest BCUT2D eigenvalue weighted by atomic mass is 10.1. The Kier molecular flexibility index (Phi) is 7.53. The van der Waals surface area contributed by atoms with Crippen LogP contribution < -0.4 is 10.2 Å². The summed E-state index contributed by atoms with van der Waals surface area (Å²) < 4.78 is 27.3. The number of amides is 1. The van der Waals surface area contributed by atoms with Crippen LogP contribution >= 0.6 is 0 Å². The van der Waals surface area contributed by atoms with E-state index in [1.54, 1.807) is 12.1 Å². The van der Waals surface area contributed by atoms with Crippen molar-refractivity contribution < 1.29 is 18.4 Å². The SMILES string of the molecule is O=C(/C=C/c1cccc(S(=O)(=O)NCCCCc2ccccc2)c1)NO. The summed E-state index contributed by atoms with van der Waals surface area (Å²) >= 11 is 0. The Labute approximate surface area is 153 Å². The smallest absolute Gasteiger partial charge is 0.267 e. The van der Waals surface area contributed by atoms with Crippen molar-refractivity contribution in [2.45, 2.75) is 24.2 Å². The molecule has 0 aromatic heterocycles. The second kappa shape index (κ2) is 9.86. The van der Waals surface area contributed by atoms with Crippen LogP contribution in [0.1, 0.15) is 24.0 Å². The Morgan fingerprint density at radius 2 is 1.81 bits per heavy atom. The highest BCUT2D eigenvalue weighted by Gasteiger charge is 2.13. The van der Waals surface area contributed by atoms with Gasteiger partial charge in [-0.15, -0.1) is 0 Å². The van der Waals surface area contributed by atoms with Gasteiger partial charge in [-0.05, 0) is 48.6 Å². The molecule has 2 aromatic rings. The van der Waals surface area contributed by atoms with E-state index >= 15 is 0 Å². The molecular formula is C19H22N2O4S. The maximum absolute atomic E-state index is 12.4. The zero-order valence-corrected chi connectivity index (χ0v) is 15.1. The summed E-state index contributed by atoms with van der Waals surface area (Å²) in [5, 5.41) is 8.45. The van der Waals surface area contributed by atoms with Gasteiger partial charge in [0.2, 0.25) is 10.0 Å². The lowest BCUT2D eigenvalue weighted by Gasteiger charge is -2.07. The van der Waals surface area contributed by atoms with Crippen molar-refractivity contribution in [1.82, 2.24) is 10.2 Å². The van der Waals surface area contributed by atoms with E-state index in [1.165, 1.54) is 29.3 Å². The number of nitrogens with one attached hydrogen (secondary N) is 2. The van der Waals surface area contributed by atoms with Crippen molar-refractivity contribution in [3.05, 3.63) is 71.8 Å². The van der Waals surface area contributed by atoms with Gasteiger partial charge in [-0.1, -0.05) is 42.5 Å². The summed E-state index contributed by atoms with van der Waals surface area (Å²) in [5.74, 6) is -0.685. The predicted octanol–water partition coefficient (Wildman–Crippen LogP) is 2.51. The minimum Gasteiger partial charge on any atom is -0.288 e. The topological polar surface area (TPSA) is 95.5 Å². The number of sulfonamides is 1. The average molecular weight is 374 g/mol. The lowest BCUT2D eigenvalue weighted by Crippen LogP contribution is -2.24. The Morgan fingerprint density at radius 3 is 2.54 bits per heavy atom. The first-order valence-electron chi connectivity index (χ1n) is 8.27. The molecule has 0 radical (unpaired) electrons. The van der Waals surface area contributed by atoms with Gasteiger partial charge in [0.15, 0.2) is 0 Å². The molecule has 138 valence electrons. The van der Waals surface area contributed by atoms with E-state index in [0.717, 1.165) is 25.3 Å². The number of hydrogen-bond acceptors (Lipinski definition) is 4. The molecule has 0 aliphatic rings. The zero-order valence-electron chi connectivity index (χ0n) is 14.3. The highest BCUT2D eigenvalue weighted by atomic mass is 32.2. The fourth-order valence-corrected chi connectivity index (χ4v) is 3.51. The minimum absolute atomic E-state index is 0.132. The second-order valence-electron chi connectivity index (χ2n) is 5.72. The molecule has 0 atom stereocenters. The summed E-state index contributed by atoms with van der Waals surface area (Å²) in [7, 11) is -3.61. The van der Waals surface area contributed by atoms with E-state index in [9.17, 15) is 13.2 Å². The minimum atomic E-state index is -3.61. The summed E-state index contributed by atoms with van der Waals surface area (Å²) in [6.45, 7) is 0.363. The third kappa shape index (κ3) is 6.44. The first-order valence-corrected chi connectivity index (χ1v) is 9.75. The van der Waals surface area contributed by atoms with Crippen LogP contribution in [0.4, 0.5) is 0 Å². The van der Waals surface area contributed by atoms with Gasteiger partial charge in [-0.2, -0.15) is 0 Å². The maximum atomic E-state index is 12.4. The molecule has 2 aromatic carbocycles. The number of hydrogen-bond donors (Lipinski definition) is 3. The summed E-state index contributed by atoms with van der Waals surface area (Å²) in [5.41, 5.74) is 3.26. The Morgan fingerprint density at radius 1 is 1.04 bits per heavy atom. The number of unbranched alkanes of at least 4 members (excludes halogenated alkanes) is 1. The van der Waals surface area contributed by atoms with Crippen molar-refractivity contribution in [2.24, 2.45) is 0 Å².